The molecule has 0 unspecified atom stereocenters. The van der Waals surface area contributed by atoms with Crippen molar-refractivity contribution in [3.8, 4) is 0 Å². The van der Waals surface area contributed by atoms with Gasteiger partial charge in [0.15, 0.2) is 0 Å². The van der Waals surface area contributed by atoms with Crippen LogP contribution < -0.4 is 0 Å². The van der Waals surface area contributed by atoms with Crippen LogP contribution in [0, 0.1) is 6.92 Å². The van der Waals surface area contributed by atoms with E-state index in [2.05, 4.69) is 4.98 Å². The van der Waals surface area contributed by atoms with Crippen molar-refractivity contribution in [2.75, 3.05) is 14.1 Å². The summed E-state index contributed by atoms with van der Waals surface area (Å²) in [7, 11) is 3.47. The molecule has 1 aromatic heterocycles. The Morgan fingerprint density at radius 3 is 2.64 bits per heavy atom. The molecule has 1 aromatic rings. The molecular formula is C7H10N2OS. The summed E-state index contributed by atoms with van der Waals surface area (Å²) in [5, 5.41) is 0.926. The highest BCUT2D eigenvalue weighted by atomic mass is 32.1. The fraction of sp³-hybridized carbons (Fsp3) is 0.429. The Labute approximate surface area is 69.7 Å². The Balaban J connectivity index is 2.85. The van der Waals surface area contributed by atoms with Crippen molar-refractivity contribution in [1.82, 2.24) is 9.88 Å². The number of thiazole rings is 1. The first-order valence-electron chi connectivity index (χ1n) is 3.25. The lowest BCUT2D eigenvalue weighted by Crippen LogP contribution is -2.20. The zero-order valence-electron chi connectivity index (χ0n) is 6.79. The first-order valence-corrected chi connectivity index (χ1v) is 4.07. The number of carbonyl (C=O) groups excluding carboxylic acids is 1. The topological polar surface area (TPSA) is 33.2 Å². The van der Waals surface area contributed by atoms with Crippen molar-refractivity contribution in [2.24, 2.45) is 0 Å². The van der Waals surface area contributed by atoms with E-state index < -0.39 is 0 Å². The van der Waals surface area contributed by atoms with E-state index >= 15 is 0 Å². The molecule has 0 aliphatic rings. The molecule has 0 spiro atoms. The number of hydrogen-bond donors (Lipinski definition) is 0. The molecular weight excluding hydrogens is 160 g/mol. The summed E-state index contributed by atoms with van der Waals surface area (Å²) in [5.74, 6) is 0.0237. The van der Waals surface area contributed by atoms with Crippen LogP contribution in [0.5, 0.6) is 0 Å². The van der Waals surface area contributed by atoms with Crippen molar-refractivity contribution in [3.05, 3.63) is 16.1 Å². The summed E-state index contributed by atoms with van der Waals surface area (Å²) in [6.07, 6.45) is 1.61. The van der Waals surface area contributed by atoms with Gasteiger partial charge in [-0.2, -0.15) is 0 Å². The maximum absolute atomic E-state index is 11.3. The first-order chi connectivity index (χ1) is 5.11. The van der Waals surface area contributed by atoms with Gasteiger partial charge in [0.05, 0.1) is 11.2 Å². The molecule has 11 heavy (non-hydrogen) atoms. The molecule has 0 bridgehead atoms. The third kappa shape index (κ3) is 1.77. The molecule has 0 saturated carbocycles. The summed E-state index contributed by atoms with van der Waals surface area (Å²) in [6.45, 7) is 1.89. The standard InChI is InChI=1S/C7H10N2OS/c1-5-8-4-6(11-5)7(10)9(2)3/h4H,1-3H3. The number of rotatable bonds is 1. The minimum absolute atomic E-state index is 0.0237. The molecule has 0 N–H and O–H groups in total. The molecule has 0 atom stereocenters. The number of carbonyl (C=O) groups is 1. The first kappa shape index (κ1) is 8.20. The Morgan fingerprint density at radius 1 is 1.64 bits per heavy atom. The van der Waals surface area contributed by atoms with Crippen molar-refractivity contribution in [3.63, 3.8) is 0 Å². The van der Waals surface area contributed by atoms with Crippen LogP contribution in [0.3, 0.4) is 0 Å². The number of nitrogens with zero attached hydrogens (tertiary/aromatic N) is 2. The van der Waals surface area contributed by atoms with Crippen molar-refractivity contribution in [2.45, 2.75) is 6.92 Å². The zero-order valence-corrected chi connectivity index (χ0v) is 7.60. The van der Waals surface area contributed by atoms with Gasteiger partial charge in [-0.15, -0.1) is 11.3 Å². The van der Waals surface area contributed by atoms with E-state index in [1.165, 1.54) is 11.3 Å². The summed E-state index contributed by atoms with van der Waals surface area (Å²) in [4.78, 5) is 17.5. The minimum atomic E-state index is 0.0237. The van der Waals surface area contributed by atoms with Crippen molar-refractivity contribution in [1.29, 1.82) is 0 Å². The van der Waals surface area contributed by atoms with Crippen molar-refractivity contribution >= 4 is 17.2 Å². The molecule has 1 rings (SSSR count). The van der Waals surface area contributed by atoms with Gasteiger partial charge in [-0.05, 0) is 6.92 Å². The largest absolute Gasteiger partial charge is 0.344 e. The van der Waals surface area contributed by atoms with Crippen LogP contribution in [0.1, 0.15) is 14.7 Å². The van der Waals surface area contributed by atoms with E-state index in [-0.39, 0.29) is 5.91 Å². The van der Waals surface area contributed by atoms with Gasteiger partial charge >= 0.3 is 0 Å². The highest BCUT2D eigenvalue weighted by Gasteiger charge is 2.09. The van der Waals surface area contributed by atoms with E-state index in [0.717, 1.165) is 5.01 Å². The van der Waals surface area contributed by atoms with Gasteiger partial charge in [-0.3, -0.25) is 4.79 Å². The summed E-state index contributed by atoms with van der Waals surface area (Å²) in [5.41, 5.74) is 0. The predicted molar refractivity (Wildman–Crippen MR) is 44.9 cm³/mol. The maximum Gasteiger partial charge on any atom is 0.265 e. The van der Waals surface area contributed by atoms with E-state index in [1.807, 2.05) is 6.92 Å². The fourth-order valence-electron chi connectivity index (χ4n) is 0.681. The Kier molecular flexibility index (Phi) is 2.24. The van der Waals surface area contributed by atoms with Crippen LogP contribution in [-0.2, 0) is 0 Å². The van der Waals surface area contributed by atoms with Crippen LogP contribution in [0.4, 0.5) is 0 Å². The summed E-state index contributed by atoms with van der Waals surface area (Å²) in [6, 6.07) is 0. The van der Waals surface area contributed by atoms with Crippen LogP contribution in [0.25, 0.3) is 0 Å². The SMILES string of the molecule is Cc1ncc(C(=O)N(C)C)s1. The highest BCUT2D eigenvalue weighted by molar-refractivity contribution is 7.13. The lowest BCUT2D eigenvalue weighted by Gasteiger charge is -2.06. The molecule has 3 nitrogen and oxygen atoms in total. The van der Waals surface area contributed by atoms with Gasteiger partial charge in [-0.25, -0.2) is 4.98 Å². The van der Waals surface area contributed by atoms with Gasteiger partial charge in [0.1, 0.15) is 4.88 Å². The third-order valence-electron chi connectivity index (χ3n) is 1.24. The maximum atomic E-state index is 11.3. The van der Waals surface area contributed by atoms with Crippen molar-refractivity contribution < 1.29 is 4.79 Å². The number of aromatic nitrogens is 1. The van der Waals surface area contributed by atoms with E-state index in [1.54, 1.807) is 25.2 Å². The van der Waals surface area contributed by atoms with Crippen LogP contribution >= 0.6 is 11.3 Å². The quantitative estimate of drug-likeness (QED) is 0.633. The molecule has 0 aromatic carbocycles. The molecule has 0 aliphatic carbocycles. The van der Waals surface area contributed by atoms with Gasteiger partial charge < -0.3 is 4.90 Å². The van der Waals surface area contributed by atoms with Gasteiger partial charge in [-0.1, -0.05) is 0 Å². The second kappa shape index (κ2) is 3.00. The molecule has 4 heteroatoms. The molecule has 0 saturated heterocycles. The molecule has 1 amide bonds. The Bertz CT molecular complexity index is 267. The predicted octanol–water partition coefficient (Wildman–Crippen LogP) is 1.15. The number of aryl methyl sites for hydroxylation is 1. The van der Waals surface area contributed by atoms with Gasteiger partial charge in [0, 0.05) is 14.1 Å². The number of hydrogen-bond acceptors (Lipinski definition) is 3. The van der Waals surface area contributed by atoms with Crippen LogP contribution in [0.2, 0.25) is 0 Å². The smallest absolute Gasteiger partial charge is 0.265 e. The average Bonchev–Trinajstić information content (AvgIpc) is 2.34. The fourth-order valence-corrected chi connectivity index (χ4v) is 1.48. The Morgan fingerprint density at radius 2 is 2.27 bits per heavy atom. The number of amides is 1. The molecule has 0 radical (unpaired) electrons. The van der Waals surface area contributed by atoms with E-state index in [4.69, 9.17) is 0 Å². The monoisotopic (exact) mass is 170 g/mol. The highest BCUT2D eigenvalue weighted by Crippen LogP contribution is 2.12. The van der Waals surface area contributed by atoms with Gasteiger partial charge in [0.25, 0.3) is 5.91 Å². The molecule has 0 fully saturated rings. The second-order valence-corrected chi connectivity index (χ2v) is 3.68. The van der Waals surface area contributed by atoms with Crippen LogP contribution in [-0.4, -0.2) is 29.9 Å². The van der Waals surface area contributed by atoms with Gasteiger partial charge in [0.2, 0.25) is 0 Å². The third-order valence-corrected chi connectivity index (χ3v) is 2.14. The van der Waals surface area contributed by atoms with E-state index in [0.29, 0.717) is 4.88 Å². The second-order valence-electron chi connectivity index (χ2n) is 2.44. The van der Waals surface area contributed by atoms with E-state index in [9.17, 15) is 4.79 Å². The minimum Gasteiger partial charge on any atom is -0.344 e. The lowest BCUT2D eigenvalue weighted by molar-refractivity contribution is 0.0832. The normalized spacial score (nSPS) is 9.73. The lowest BCUT2D eigenvalue weighted by atomic mass is 10.5. The molecule has 1 heterocycles. The zero-order chi connectivity index (χ0) is 8.43. The summed E-state index contributed by atoms with van der Waals surface area (Å²) < 4.78 is 0. The molecule has 60 valence electrons. The Hall–Kier alpha value is -0.900. The average molecular weight is 170 g/mol. The molecule has 0 aliphatic heterocycles. The van der Waals surface area contributed by atoms with Crippen LogP contribution in [0.15, 0.2) is 6.20 Å². The summed E-state index contributed by atoms with van der Waals surface area (Å²) >= 11 is 1.42.